The van der Waals surface area contributed by atoms with Crippen molar-refractivity contribution < 1.29 is 69.0 Å². The van der Waals surface area contributed by atoms with Gasteiger partial charge in [0.25, 0.3) is 0 Å². The van der Waals surface area contributed by atoms with Crippen LogP contribution in [0, 0.1) is 0 Å². The Bertz CT molecular complexity index is 1360. The van der Waals surface area contributed by atoms with Gasteiger partial charge in [0, 0.05) is 13.0 Å². The molecule has 7 N–H and O–H groups in total. The number of esters is 1. The van der Waals surface area contributed by atoms with Crippen molar-refractivity contribution in [3.63, 3.8) is 0 Å². The number of carbonyl (C=O) groups excluding carboxylic acids is 1. The highest BCUT2D eigenvalue weighted by atomic mass is 16.7. The number of hydrogen-bond acceptors (Lipinski definition) is 14. The van der Waals surface area contributed by atoms with Gasteiger partial charge in [-0.05, 0) is 51.4 Å². The predicted molar refractivity (Wildman–Crippen MR) is 279 cm³/mol. The van der Waals surface area contributed by atoms with Crippen LogP contribution in [-0.4, -0.2) is 142 Å². The van der Waals surface area contributed by atoms with Gasteiger partial charge in [0.2, 0.25) is 0 Å². The lowest BCUT2D eigenvalue weighted by Crippen LogP contribution is -2.61. The van der Waals surface area contributed by atoms with Gasteiger partial charge in [0.1, 0.15) is 54.9 Å². The average molecular weight is 1010 g/mol. The Hall–Kier alpha value is -2.05. The first-order chi connectivity index (χ1) is 34.6. The van der Waals surface area contributed by atoms with E-state index >= 15 is 0 Å². The Labute approximate surface area is 429 Å². The second-order valence-electron chi connectivity index (χ2n) is 19.7. The standard InChI is InChI=1S/C57H102O14/c1-3-5-7-9-11-13-15-16-17-18-19-20-21-22-23-24-25-26-27-28-29-31-33-35-37-39-41-66-43-46(69-49(59)40-38-36-34-32-30-14-12-10-8-6-4-2)44-67-56-55(65)53(63)51(61)48(71-56)45-68-57-54(64)52(62)50(60)47(42-58)70-57/h5,7,11,13,16-17,19-20,46-48,50-58,60-65H,3-4,6,8-10,12,14-15,18,21-45H2,1-2H3/b7-5-,13-11-,17-16-,20-19-. The van der Waals surface area contributed by atoms with E-state index in [2.05, 4.69) is 62.5 Å². The van der Waals surface area contributed by atoms with Gasteiger partial charge >= 0.3 is 5.97 Å². The zero-order valence-corrected chi connectivity index (χ0v) is 44.2. The molecule has 2 aliphatic rings. The number of unbranched alkanes of at least 4 members (excludes halogenated alkanes) is 23. The minimum absolute atomic E-state index is 0.0624. The Kier molecular flexibility index (Phi) is 40.6. The van der Waals surface area contributed by atoms with Crippen molar-refractivity contribution in [3.05, 3.63) is 48.6 Å². The molecule has 2 rings (SSSR count). The monoisotopic (exact) mass is 1010 g/mol. The molecule has 2 aliphatic heterocycles. The molecule has 0 aromatic rings. The van der Waals surface area contributed by atoms with E-state index in [9.17, 15) is 40.5 Å². The summed E-state index contributed by atoms with van der Waals surface area (Å²) in [6.45, 7) is 3.58. The molecule has 14 nitrogen and oxygen atoms in total. The van der Waals surface area contributed by atoms with Crippen LogP contribution in [0.5, 0.6) is 0 Å². The third-order valence-corrected chi connectivity index (χ3v) is 13.4. The molecule has 0 amide bonds. The first kappa shape index (κ1) is 65.1. The highest BCUT2D eigenvalue weighted by Gasteiger charge is 2.47. The van der Waals surface area contributed by atoms with Crippen LogP contribution in [0.15, 0.2) is 48.6 Å². The van der Waals surface area contributed by atoms with Crippen molar-refractivity contribution in [3.8, 4) is 0 Å². The van der Waals surface area contributed by atoms with Crippen molar-refractivity contribution in [2.24, 2.45) is 0 Å². The summed E-state index contributed by atoms with van der Waals surface area (Å²) in [5, 5.41) is 72.2. The lowest BCUT2D eigenvalue weighted by Gasteiger charge is -2.42. The fourth-order valence-corrected chi connectivity index (χ4v) is 8.81. The van der Waals surface area contributed by atoms with Gasteiger partial charge in [0.05, 0.1) is 26.4 Å². The van der Waals surface area contributed by atoms with E-state index in [1.54, 1.807) is 0 Å². The van der Waals surface area contributed by atoms with Gasteiger partial charge in [-0.1, -0.05) is 197 Å². The molecular weight excluding hydrogens is 909 g/mol. The molecular formula is C57H102O14. The van der Waals surface area contributed by atoms with Crippen LogP contribution in [-0.2, 0) is 33.2 Å². The van der Waals surface area contributed by atoms with Gasteiger partial charge in [0.15, 0.2) is 12.6 Å². The molecule has 0 radical (unpaired) electrons. The van der Waals surface area contributed by atoms with Crippen LogP contribution in [0.3, 0.4) is 0 Å². The van der Waals surface area contributed by atoms with Crippen molar-refractivity contribution in [1.82, 2.24) is 0 Å². The van der Waals surface area contributed by atoms with Crippen LogP contribution in [0.4, 0.5) is 0 Å². The molecule has 0 spiro atoms. The Morgan fingerprint density at radius 2 is 0.915 bits per heavy atom. The summed E-state index contributed by atoms with van der Waals surface area (Å²) in [6.07, 6.45) is 36.1. The number of carbonyl (C=O) groups is 1. The Morgan fingerprint density at radius 3 is 1.44 bits per heavy atom. The third-order valence-electron chi connectivity index (χ3n) is 13.4. The molecule has 0 aromatic carbocycles. The summed E-state index contributed by atoms with van der Waals surface area (Å²) in [6, 6.07) is 0. The number of aliphatic hydroxyl groups is 7. The molecule has 11 unspecified atom stereocenters. The van der Waals surface area contributed by atoms with Crippen molar-refractivity contribution in [2.45, 2.75) is 274 Å². The molecule has 414 valence electrons. The summed E-state index contributed by atoms with van der Waals surface area (Å²) in [5.74, 6) is -0.377. The SMILES string of the molecule is CC/C=C\C/C=C\C/C=C\C/C=C\CCCCCCCCCCCCCCCOCC(COC1OC(COC2OC(CO)C(O)C(O)C2O)C(O)C(O)C1O)OC(=O)CCCCCCCCCCCCC. The molecule has 0 aromatic heterocycles. The molecule has 71 heavy (non-hydrogen) atoms. The normalized spacial score (nSPS) is 25.6. The van der Waals surface area contributed by atoms with Crippen molar-refractivity contribution in [2.75, 3.05) is 33.0 Å². The minimum atomic E-state index is -1.71. The molecule has 2 saturated heterocycles. The van der Waals surface area contributed by atoms with E-state index in [4.69, 9.17) is 28.4 Å². The summed E-state index contributed by atoms with van der Waals surface area (Å²) >= 11 is 0. The number of ether oxygens (including phenoxy) is 6. The second-order valence-corrected chi connectivity index (χ2v) is 19.7. The number of allylic oxidation sites excluding steroid dienone is 8. The smallest absolute Gasteiger partial charge is 0.306 e. The third kappa shape index (κ3) is 31.4. The summed E-state index contributed by atoms with van der Waals surface area (Å²) < 4.78 is 34.3. The molecule has 11 atom stereocenters. The van der Waals surface area contributed by atoms with E-state index in [-0.39, 0.29) is 25.6 Å². The van der Waals surface area contributed by atoms with Gasteiger partial charge in [-0.3, -0.25) is 4.79 Å². The van der Waals surface area contributed by atoms with Crippen LogP contribution >= 0.6 is 0 Å². The number of rotatable bonds is 45. The first-order valence-corrected chi connectivity index (χ1v) is 28.2. The Morgan fingerprint density at radius 1 is 0.479 bits per heavy atom. The minimum Gasteiger partial charge on any atom is -0.457 e. The molecule has 14 heteroatoms. The van der Waals surface area contributed by atoms with E-state index in [0.29, 0.717) is 13.0 Å². The van der Waals surface area contributed by atoms with Gasteiger partial charge in [-0.15, -0.1) is 0 Å². The largest absolute Gasteiger partial charge is 0.457 e. The van der Waals surface area contributed by atoms with E-state index in [1.807, 2.05) is 0 Å². The fourth-order valence-electron chi connectivity index (χ4n) is 8.81. The number of aliphatic hydroxyl groups excluding tert-OH is 7. The topological polar surface area (TPSA) is 214 Å². The fraction of sp³-hybridized carbons (Fsp3) is 0.842. The summed E-state index contributed by atoms with van der Waals surface area (Å²) in [7, 11) is 0. The van der Waals surface area contributed by atoms with Crippen LogP contribution in [0.2, 0.25) is 0 Å². The second kappa shape index (κ2) is 44.3. The van der Waals surface area contributed by atoms with E-state index < -0.39 is 80.7 Å². The maximum Gasteiger partial charge on any atom is 0.306 e. The molecule has 0 bridgehead atoms. The lowest BCUT2D eigenvalue weighted by atomic mass is 9.98. The van der Waals surface area contributed by atoms with Crippen molar-refractivity contribution >= 4 is 5.97 Å². The molecule has 0 aliphatic carbocycles. The van der Waals surface area contributed by atoms with Gasteiger partial charge in [-0.2, -0.15) is 0 Å². The van der Waals surface area contributed by atoms with Gasteiger partial charge in [-0.25, -0.2) is 0 Å². The zero-order valence-electron chi connectivity index (χ0n) is 44.2. The van der Waals surface area contributed by atoms with E-state index in [1.165, 1.54) is 116 Å². The number of hydrogen-bond donors (Lipinski definition) is 7. The summed E-state index contributed by atoms with van der Waals surface area (Å²) in [4.78, 5) is 13.0. The van der Waals surface area contributed by atoms with Crippen LogP contribution in [0.25, 0.3) is 0 Å². The molecule has 0 saturated carbocycles. The average Bonchev–Trinajstić information content (AvgIpc) is 3.37. The quantitative estimate of drug-likeness (QED) is 0.0172. The highest BCUT2D eigenvalue weighted by Crippen LogP contribution is 2.26. The van der Waals surface area contributed by atoms with E-state index in [0.717, 1.165) is 64.2 Å². The predicted octanol–water partition coefficient (Wildman–Crippen LogP) is 9.52. The highest BCUT2D eigenvalue weighted by molar-refractivity contribution is 5.69. The van der Waals surface area contributed by atoms with Crippen LogP contribution in [0.1, 0.15) is 206 Å². The maximum atomic E-state index is 13.0. The lowest BCUT2D eigenvalue weighted by molar-refractivity contribution is -0.332. The first-order valence-electron chi connectivity index (χ1n) is 28.2. The van der Waals surface area contributed by atoms with Gasteiger partial charge < -0.3 is 64.2 Å². The van der Waals surface area contributed by atoms with Crippen molar-refractivity contribution in [1.29, 1.82) is 0 Å². The maximum absolute atomic E-state index is 13.0. The molecule has 2 fully saturated rings. The zero-order chi connectivity index (χ0) is 51.6. The Balaban J connectivity index is 1.66. The van der Waals surface area contributed by atoms with Crippen LogP contribution < -0.4 is 0 Å². The molecule has 2 heterocycles. The summed E-state index contributed by atoms with van der Waals surface area (Å²) in [5.41, 5.74) is 0.